The normalized spacial score (nSPS) is 29.4. The van der Waals surface area contributed by atoms with Gasteiger partial charge in [-0.3, -0.25) is 0 Å². The molecule has 2 unspecified atom stereocenters. The molecule has 1 rings (SSSR count). The first-order chi connectivity index (χ1) is 6.72. The van der Waals surface area contributed by atoms with E-state index in [9.17, 15) is 0 Å². The second-order valence-electron chi connectivity index (χ2n) is 4.56. The highest BCUT2D eigenvalue weighted by Crippen LogP contribution is 2.15. The van der Waals surface area contributed by atoms with Crippen molar-refractivity contribution in [3.63, 3.8) is 0 Å². The number of methoxy groups -OCH3 is 1. The molecule has 0 bridgehead atoms. The third-order valence-corrected chi connectivity index (χ3v) is 2.84. The number of hydrogen-bond acceptors (Lipinski definition) is 3. The van der Waals surface area contributed by atoms with E-state index < -0.39 is 0 Å². The molecule has 1 aliphatic heterocycles. The summed E-state index contributed by atoms with van der Waals surface area (Å²) in [5.74, 6) is 0.765. The zero-order valence-electron chi connectivity index (χ0n) is 9.54. The van der Waals surface area contributed by atoms with Crippen molar-refractivity contribution in [3.05, 3.63) is 0 Å². The number of ether oxygens (including phenoxy) is 1. The molecule has 1 heterocycles. The van der Waals surface area contributed by atoms with E-state index in [1.165, 1.54) is 25.9 Å². The molecule has 0 amide bonds. The lowest BCUT2D eigenvalue weighted by molar-refractivity contribution is 0.150. The molecular formula is C11H24N2O. The minimum Gasteiger partial charge on any atom is -0.385 e. The quantitative estimate of drug-likeness (QED) is 0.675. The van der Waals surface area contributed by atoms with E-state index in [0.29, 0.717) is 6.04 Å². The average Bonchev–Trinajstić information content (AvgIpc) is 2.11. The molecule has 14 heavy (non-hydrogen) atoms. The van der Waals surface area contributed by atoms with Crippen molar-refractivity contribution in [3.8, 4) is 0 Å². The molecular weight excluding hydrogens is 176 g/mol. The molecule has 2 N–H and O–H groups in total. The Bertz CT molecular complexity index is 142. The molecule has 84 valence electrons. The summed E-state index contributed by atoms with van der Waals surface area (Å²) < 4.78 is 5.03. The number of unbranched alkanes of at least 4 members (excludes halogenated alkanes) is 1. The van der Waals surface area contributed by atoms with Crippen LogP contribution in [-0.2, 0) is 4.74 Å². The number of likely N-dealkylation sites (tertiary alicyclic amines) is 1. The second kappa shape index (κ2) is 6.38. The molecule has 0 aromatic rings. The summed E-state index contributed by atoms with van der Waals surface area (Å²) in [6.45, 7) is 6.66. The number of nitrogens with two attached hydrogens (primary N) is 1. The molecule has 0 saturated carbocycles. The van der Waals surface area contributed by atoms with Crippen LogP contribution in [0.5, 0.6) is 0 Å². The van der Waals surface area contributed by atoms with Gasteiger partial charge in [0.05, 0.1) is 0 Å². The van der Waals surface area contributed by atoms with Crippen molar-refractivity contribution in [2.75, 3.05) is 33.4 Å². The van der Waals surface area contributed by atoms with Gasteiger partial charge in [0.25, 0.3) is 0 Å². The van der Waals surface area contributed by atoms with Crippen LogP contribution in [0.1, 0.15) is 26.2 Å². The van der Waals surface area contributed by atoms with E-state index >= 15 is 0 Å². The highest BCUT2D eigenvalue weighted by molar-refractivity contribution is 4.78. The highest BCUT2D eigenvalue weighted by atomic mass is 16.5. The minimum absolute atomic E-state index is 0.390. The third-order valence-electron chi connectivity index (χ3n) is 2.84. The highest BCUT2D eigenvalue weighted by Gasteiger charge is 2.21. The maximum Gasteiger partial charge on any atom is 0.0462 e. The van der Waals surface area contributed by atoms with Crippen LogP contribution in [0.25, 0.3) is 0 Å². The van der Waals surface area contributed by atoms with Crippen LogP contribution in [0, 0.1) is 5.92 Å². The molecule has 1 aliphatic rings. The Balaban J connectivity index is 2.10. The SMILES string of the molecule is COCCCCN1CC(C)CC(N)C1. The molecule has 3 heteroatoms. The molecule has 0 aliphatic carbocycles. The van der Waals surface area contributed by atoms with Crippen LogP contribution >= 0.6 is 0 Å². The van der Waals surface area contributed by atoms with Crippen LogP contribution < -0.4 is 5.73 Å². The monoisotopic (exact) mass is 200 g/mol. The summed E-state index contributed by atoms with van der Waals surface area (Å²) in [4.78, 5) is 2.49. The fourth-order valence-electron chi connectivity index (χ4n) is 2.28. The maximum atomic E-state index is 5.98. The van der Waals surface area contributed by atoms with Gasteiger partial charge < -0.3 is 15.4 Å². The fourth-order valence-corrected chi connectivity index (χ4v) is 2.28. The first-order valence-corrected chi connectivity index (χ1v) is 5.69. The molecule has 0 aromatic heterocycles. The van der Waals surface area contributed by atoms with E-state index in [0.717, 1.165) is 25.5 Å². The number of nitrogens with zero attached hydrogens (tertiary/aromatic N) is 1. The Morgan fingerprint density at radius 2 is 2.14 bits per heavy atom. The molecule has 0 spiro atoms. The number of piperidine rings is 1. The van der Waals surface area contributed by atoms with E-state index in [1.807, 2.05) is 0 Å². The van der Waals surface area contributed by atoms with Crippen molar-refractivity contribution in [1.82, 2.24) is 4.90 Å². The molecule has 0 radical (unpaired) electrons. The average molecular weight is 200 g/mol. The lowest BCUT2D eigenvalue weighted by atomic mass is 9.96. The topological polar surface area (TPSA) is 38.5 Å². The fraction of sp³-hybridized carbons (Fsp3) is 1.00. The Hall–Kier alpha value is -0.120. The first-order valence-electron chi connectivity index (χ1n) is 5.69. The zero-order chi connectivity index (χ0) is 10.4. The predicted molar refractivity (Wildman–Crippen MR) is 59.3 cm³/mol. The predicted octanol–water partition coefficient (Wildman–Crippen LogP) is 1.08. The van der Waals surface area contributed by atoms with Crippen LogP contribution in [0.2, 0.25) is 0 Å². The molecule has 1 fully saturated rings. The Kier molecular flexibility index (Phi) is 5.45. The summed E-state index contributed by atoms with van der Waals surface area (Å²) in [6.07, 6.45) is 3.58. The van der Waals surface area contributed by atoms with Gasteiger partial charge in [0, 0.05) is 32.8 Å². The van der Waals surface area contributed by atoms with Gasteiger partial charge in [-0.25, -0.2) is 0 Å². The van der Waals surface area contributed by atoms with Crippen LogP contribution in [0.15, 0.2) is 0 Å². The van der Waals surface area contributed by atoms with Gasteiger partial charge >= 0.3 is 0 Å². The van der Waals surface area contributed by atoms with Gasteiger partial charge in [-0.1, -0.05) is 6.92 Å². The van der Waals surface area contributed by atoms with Crippen LogP contribution in [0.4, 0.5) is 0 Å². The Labute approximate surface area is 87.6 Å². The van der Waals surface area contributed by atoms with Gasteiger partial charge in [-0.2, -0.15) is 0 Å². The number of hydrogen-bond donors (Lipinski definition) is 1. The largest absolute Gasteiger partial charge is 0.385 e. The van der Waals surface area contributed by atoms with Crippen molar-refractivity contribution >= 4 is 0 Å². The minimum atomic E-state index is 0.390. The van der Waals surface area contributed by atoms with Gasteiger partial charge in [-0.15, -0.1) is 0 Å². The lowest BCUT2D eigenvalue weighted by Crippen LogP contribution is -2.46. The van der Waals surface area contributed by atoms with Crippen LogP contribution in [-0.4, -0.2) is 44.3 Å². The van der Waals surface area contributed by atoms with E-state index in [1.54, 1.807) is 7.11 Å². The van der Waals surface area contributed by atoms with Crippen molar-refractivity contribution in [1.29, 1.82) is 0 Å². The van der Waals surface area contributed by atoms with E-state index in [2.05, 4.69) is 11.8 Å². The van der Waals surface area contributed by atoms with E-state index in [-0.39, 0.29) is 0 Å². The molecule has 1 saturated heterocycles. The molecule has 3 nitrogen and oxygen atoms in total. The summed E-state index contributed by atoms with van der Waals surface area (Å²) in [5.41, 5.74) is 5.98. The maximum absolute atomic E-state index is 5.98. The van der Waals surface area contributed by atoms with Crippen LogP contribution in [0.3, 0.4) is 0 Å². The molecule has 2 atom stereocenters. The Morgan fingerprint density at radius 3 is 2.79 bits per heavy atom. The van der Waals surface area contributed by atoms with E-state index in [4.69, 9.17) is 10.5 Å². The van der Waals surface area contributed by atoms with Crippen molar-refractivity contribution < 1.29 is 4.74 Å². The first kappa shape index (κ1) is 12.0. The van der Waals surface area contributed by atoms with Gasteiger partial charge in [0.2, 0.25) is 0 Å². The summed E-state index contributed by atoms with van der Waals surface area (Å²) in [5, 5.41) is 0. The zero-order valence-corrected chi connectivity index (χ0v) is 9.54. The second-order valence-corrected chi connectivity index (χ2v) is 4.56. The lowest BCUT2D eigenvalue weighted by Gasteiger charge is -2.34. The summed E-state index contributed by atoms with van der Waals surface area (Å²) in [6, 6.07) is 0.390. The third kappa shape index (κ3) is 4.40. The van der Waals surface area contributed by atoms with Gasteiger partial charge in [-0.05, 0) is 31.7 Å². The summed E-state index contributed by atoms with van der Waals surface area (Å²) in [7, 11) is 1.76. The summed E-state index contributed by atoms with van der Waals surface area (Å²) >= 11 is 0. The van der Waals surface area contributed by atoms with Gasteiger partial charge in [0.15, 0.2) is 0 Å². The Morgan fingerprint density at radius 1 is 1.36 bits per heavy atom. The van der Waals surface area contributed by atoms with Crippen molar-refractivity contribution in [2.45, 2.75) is 32.2 Å². The standard InChI is InChI=1S/C11H24N2O/c1-10-7-11(12)9-13(8-10)5-3-4-6-14-2/h10-11H,3-9,12H2,1-2H3. The number of rotatable bonds is 5. The smallest absolute Gasteiger partial charge is 0.0462 e. The van der Waals surface area contributed by atoms with Crippen molar-refractivity contribution in [2.24, 2.45) is 11.7 Å². The molecule has 0 aromatic carbocycles. The van der Waals surface area contributed by atoms with Gasteiger partial charge in [0.1, 0.15) is 0 Å².